The van der Waals surface area contributed by atoms with Crippen molar-refractivity contribution in [1.82, 2.24) is 10.2 Å². The second-order valence-corrected chi connectivity index (χ2v) is 6.47. The summed E-state index contributed by atoms with van der Waals surface area (Å²) in [4.78, 5) is 14.1. The average molecular weight is 349 g/mol. The molecule has 6 heteroatoms. The quantitative estimate of drug-likeness (QED) is 0.872. The van der Waals surface area contributed by atoms with Crippen molar-refractivity contribution in [2.24, 2.45) is 0 Å². The van der Waals surface area contributed by atoms with Crippen molar-refractivity contribution in [2.75, 3.05) is 19.7 Å². The molecule has 0 spiro atoms. The van der Waals surface area contributed by atoms with Crippen LogP contribution in [0.5, 0.6) is 0 Å². The number of halogens is 1. The molecule has 2 aromatic rings. The van der Waals surface area contributed by atoms with Gasteiger partial charge in [-0.2, -0.15) is 0 Å². The van der Waals surface area contributed by atoms with E-state index >= 15 is 0 Å². The predicted octanol–water partition coefficient (Wildman–Crippen LogP) is 2.86. The number of benzene rings is 1. The zero-order valence-electron chi connectivity index (χ0n) is 13.3. The molecule has 0 saturated carbocycles. The lowest BCUT2D eigenvalue weighted by molar-refractivity contribution is 0.0696. The molecular weight excluding hydrogens is 328 g/mol. The average Bonchev–Trinajstić information content (AvgIpc) is 3.15. The number of aliphatic hydroxyl groups is 1. The Morgan fingerprint density at radius 1 is 1.29 bits per heavy atom. The van der Waals surface area contributed by atoms with Crippen LogP contribution in [0.15, 0.2) is 47.3 Å². The van der Waals surface area contributed by atoms with E-state index < -0.39 is 0 Å². The van der Waals surface area contributed by atoms with E-state index in [1.54, 1.807) is 6.07 Å². The van der Waals surface area contributed by atoms with E-state index in [1.165, 1.54) is 12.5 Å². The summed E-state index contributed by atoms with van der Waals surface area (Å²) in [6.07, 6.45) is 4.70. The molecule has 5 nitrogen and oxygen atoms in total. The summed E-state index contributed by atoms with van der Waals surface area (Å²) >= 11 is 5.91. The van der Waals surface area contributed by atoms with Crippen LogP contribution in [-0.2, 0) is 0 Å². The number of piperidine rings is 1. The lowest BCUT2D eigenvalue weighted by atomic mass is 10.0. The normalized spacial score (nSPS) is 17.0. The van der Waals surface area contributed by atoms with Crippen LogP contribution in [0.3, 0.4) is 0 Å². The number of furan rings is 1. The van der Waals surface area contributed by atoms with Crippen molar-refractivity contribution in [3.63, 3.8) is 0 Å². The number of nitrogens with zero attached hydrogens (tertiary/aromatic N) is 1. The fourth-order valence-electron chi connectivity index (χ4n) is 3.05. The Bertz CT molecular complexity index is 649. The Balaban J connectivity index is 1.54. The van der Waals surface area contributed by atoms with Crippen LogP contribution < -0.4 is 5.32 Å². The molecule has 2 N–H and O–H groups in total. The van der Waals surface area contributed by atoms with Gasteiger partial charge in [0, 0.05) is 24.2 Å². The van der Waals surface area contributed by atoms with Gasteiger partial charge in [-0.1, -0.05) is 23.7 Å². The topological polar surface area (TPSA) is 65.7 Å². The van der Waals surface area contributed by atoms with E-state index in [0.29, 0.717) is 23.7 Å². The van der Waals surface area contributed by atoms with E-state index in [1.807, 2.05) is 29.2 Å². The third kappa shape index (κ3) is 3.98. The van der Waals surface area contributed by atoms with Gasteiger partial charge in [0.15, 0.2) is 0 Å². The van der Waals surface area contributed by atoms with Crippen LogP contribution in [0.25, 0.3) is 0 Å². The first-order valence-corrected chi connectivity index (χ1v) is 8.49. The molecule has 1 unspecified atom stereocenters. The number of hydrogen-bond donors (Lipinski definition) is 2. The molecule has 0 bridgehead atoms. The maximum absolute atomic E-state index is 12.3. The fourth-order valence-corrected chi connectivity index (χ4v) is 3.18. The molecule has 1 aromatic heterocycles. The van der Waals surface area contributed by atoms with Gasteiger partial charge in [-0.3, -0.25) is 4.79 Å². The number of carbonyl (C=O) groups is 1. The van der Waals surface area contributed by atoms with Gasteiger partial charge in [0.1, 0.15) is 6.26 Å². The summed E-state index contributed by atoms with van der Waals surface area (Å²) in [5, 5.41) is 13.8. The van der Waals surface area contributed by atoms with Gasteiger partial charge in [-0.15, -0.1) is 0 Å². The number of rotatable bonds is 5. The number of nitrogens with one attached hydrogen (secondary N) is 1. The van der Waals surface area contributed by atoms with E-state index in [4.69, 9.17) is 16.0 Å². The summed E-state index contributed by atoms with van der Waals surface area (Å²) < 4.78 is 4.98. The Kier molecular flexibility index (Phi) is 5.56. The van der Waals surface area contributed by atoms with Crippen molar-refractivity contribution in [2.45, 2.75) is 24.9 Å². The third-order valence-corrected chi connectivity index (χ3v) is 4.69. The highest BCUT2D eigenvalue weighted by atomic mass is 35.5. The number of hydrogen-bond acceptors (Lipinski definition) is 4. The van der Waals surface area contributed by atoms with Crippen LogP contribution in [0, 0.1) is 0 Å². The Hall–Kier alpha value is -1.82. The monoisotopic (exact) mass is 348 g/mol. The van der Waals surface area contributed by atoms with E-state index in [2.05, 4.69) is 5.32 Å². The lowest BCUT2D eigenvalue weighted by Crippen LogP contribution is -2.46. The van der Waals surface area contributed by atoms with E-state index in [9.17, 15) is 9.90 Å². The Labute approximate surface area is 146 Å². The van der Waals surface area contributed by atoms with Gasteiger partial charge in [0.05, 0.1) is 24.5 Å². The molecule has 0 aliphatic carbocycles. The van der Waals surface area contributed by atoms with Crippen molar-refractivity contribution in [1.29, 1.82) is 0 Å². The molecule has 1 saturated heterocycles. The molecule has 1 aliphatic heterocycles. The number of carbonyl (C=O) groups excluding carboxylic acids is 1. The third-order valence-electron chi connectivity index (χ3n) is 4.44. The number of likely N-dealkylation sites (tertiary alicyclic amines) is 1. The Morgan fingerprint density at radius 2 is 2.00 bits per heavy atom. The van der Waals surface area contributed by atoms with E-state index in [-0.39, 0.29) is 24.6 Å². The first-order chi connectivity index (χ1) is 11.7. The van der Waals surface area contributed by atoms with Gasteiger partial charge < -0.3 is 19.7 Å². The van der Waals surface area contributed by atoms with Crippen LogP contribution in [-0.4, -0.2) is 41.7 Å². The SMILES string of the molecule is O=C(c1ccoc1)N1CCC(NC(CO)c2ccc(Cl)cc2)CC1. The molecule has 1 atom stereocenters. The van der Waals surface area contributed by atoms with Crippen molar-refractivity contribution in [3.8, 4) is 0 Å². The molecule has 1 aromatic carbocycles. The zero-order chi connectivity index (χ0) is 16.9. The minimum Gasteiger partial charge on any atom is -0.472 e. The predicted molar refractivity (Wildman–Crippen MR) is 92.0 cm³/mol. The summed E-state index contributed by atoms with van der Waals surface area (Å²) in [6.45, 7) is 1.41. The van der Waals surface area contributed by atoms with Crippen LogP contribution in [0.1, 0.15) is 34.8 Å². The Morgan fingerprint density at radius 3 is 2.58 bits per heavy atom. The number of aliphatic hydroxyl groups excluding tert-OH is 1. The lowest BCUT2D eigenvalue weighted by Gasteiger charge is -2.34. The maximum atomic E-state index is 12.3. The molecule has 24 heavy (non-hydrogen) atoms. The second kappa shape index (κ2) is 7.83. The minimum absolute atomic E-state index is 0.0126. The number of amides is 1. The van der Waals surface area contributed by atoms with Crippen molar-refractivity contribution in [3.05, 3.63) is 59.0 Å². The molecule has 128 valence electrons. The first-order valence-electron chi connectivity index (χ1n) is 8.11. The summed E-state index contributed by atoms with van der Waals surface area (Å²) in [5.74, 6) is 0.0126. The molecule has 2 heterocycles. The highest BCUT2D eigenvalue weighted by molar-refractivity contribution is 6.30. The van der Waals surface area contributed by atoms with E-state index in [0.717, 1.165) is 18.4 Å². The standard InChI is InChI=1S/C18H21ClN2O3/c19-15-3-1-13(2-4-15)17(11-22)20-16-5-8-21(9-6-16)18(23)14-7-10-24-12-14/h1-4,7,10,12,16-17,20,22H,5-6,8-9,11H2. The fraction of sp³-hybridized carbons (Fsp3) is 0.389. The molecule has 1 amide bonds. The molecule has 1 aliphatic rings. The molecule has 1 fully saturated rings. The van der Waals surface area contributed by atoms with Crippen molar-refractivity contribution < 1.29 is 14.3 Å². The second-order valence-electron chi connectivity index (χ2n) is 6.03. The molecule has 3 rings (SSSR count). The maximum Gasteiger partial charge on any atom is 0.257 e. The smallest absolute Gasteiger partial charge is 0.257 e. The minimum atomic E-state index is -0.122. The van der Waals surface area contributed by atoms with Crippen LogP contribution >= 0.6 is 11.6 Å². The van der Waals surface area contributed by atoms with Gasteiger partial charge in [-0.05, 0) is 36.6 Å². The first kappa shape index (κ1) is 17.0. The molecular formula is C18H21ClN2O3. The van der Waals surface area contributed by atoms with Crippen LogP contribution in [0.4, 0.5) is 0 Å². The summed E-state index contributed by atoms with van der Waals surface area (Å²) in [7, 11) is 0. The highest BCUT2D eigenvalue weighted by Gasteiger charge is 2.25. The zero-order valence-corrected chi connectivity index (χ0v) is 14.1. The van der Waals surface area contributed by atoms with Gasteiger partial charge >= 0.3 is 0 Å². The highest BCUT2D eigenvalue weighted by Crippen LogP contribution is 2.20. The van der Waals surface area contributed by atoms with Crippen molar-refractivity contribution >= 4 is 17.5 Å². The largest absolute Gasteiger partial charge is 0.472 e. The summed E-state index contributed by atoms with van der Waals surface area (Å²) in [5.41, 5.74) is 1.61. The van der Waals surface area contributed by atoms with Crippen LogP contribution in [0.2, 0.25) is 5.02 Å². The van der Waals surface area contributed by atoms with Gasteiger partial charge in [-0.25, -0.2) is 0 Å². The van der Waals surface area contributed by atoms with Gasteiger partial charge in [0.25, 0.3) is 5.91 Å². The molecule has 0 radical (unpaired) electrons. The summed E-state index contributed by atoms with van der Waals surface area (Å²) in [6, 6.07) is 9.34. The van der Waals surface area contributed by atoms with Gasteiger partial charge in [0.2, 0.25) is 0 Å².